The molecule has 0 aromatic rings. The monoisotopic (exact) mass is 278 g/mol. The van der Waals surface area contributed by atoms with E-state index >= 15 is 0 Å². The van der Waals surface area contributed by atoms with Crippen LogP contribution in [0.5, 0.6) is 0 Å². The summed E-state index contributed by atoms with van der Waals surface area (Å²) in [6.07, 6.45) is 0. The first kappa shape index (κ1) is 15.4. The van der Waals surface area contributed by atoms with Crippen molar-refractivity contribution in [2.75, 3.05) is 39.8 Å². The molecule has 8 heteroatoms. The zero-order chi connectivity index (χ0) is 13.8. The highest BCUT2D eigenvalue weighted by molar-refractivity contribution is 7.86. The number of hydrogen-bond donors (Lipinski definition) is 2. The van der Waals surface area contributed by atoms with Gasteiger partial charge in [-0.3, -0.25) is 4.79 Å². The number of carbonyl (C=O) groups excluding carboxylic acids is 1. The van der Waals surface area contributed by atoms with Gasteiger partial charge in [-0.05, 0) is 0 Å². The second-order valence-corrected chi connectivity index (χ2v) is 5.92. The van der Waals surface area contributed by atoms with Gasteiger partial charge < -0.3 is 10.6 Å². The van der Waals surface area contributed by atoms with Gasteiger partial charge in [0.25, 0.3) is 10.2 Å². The van der Waals surface area contributed by atoms with Crippen LogP contribution in [-0.2, 0) is 15.0 Å². The molecule has 7 nitrogen and oxygen atoms in total. The summed E-state index contributed by atoms with van der Waals surface area (Å²) in [6, 6.07) is -0.672. The second-order valence-electron chi connectivity index (χ2n) is 4.04. The van der Waals surface area contributed by atoms with E-state index in [1.807, 2.05) is 0 Å². The minimum atomic E-state index is -3.56. The van der Waals surface area contributed by atoms with Gasteiger partial charge in [-0.25, -0.2) is 0 Å². The number of rotatable bonds is 5. The molecular formula is C10H22N4O3S. The van der Waals surface area contributed by atoms with Gasteiger partial charge in [-0.2, -0.15) is 17.0 Å². The summed E-state index contributed by atoms with van der Waals surface area (Å²) < 4.78 is 27.5. The fraction of sp³-hybridized carbons (Fsp3) is 0.900. The average molecular weight is 278 g/mol. The maximum absolute atomic E-state index is 12.4. The Kier molecular flexibility index (Phi) is 5.51. The molecule has 2 N–H and O–H groups in total. The Bertz CT molecular complexity index is 381. The summed E-state index contributed by atoms with van der Waals surface area (Å²) in [7, 11) is -2.05. The Morgan fingerprint density at radius 1 is 1.44 bits per heavy atom. The topological polar surface area (TPSA) is 81.8 Å². The first-order chi connectivity index (χ1) is 8.48. The van der Waals surface area contributed by atoms with Crippen LogP contribution in [0.15, 0.2) is 0 Å². The summed E-state index contributed by atoms with van der Waals surface area (Å²) in [5.74, 6) is -0.280. The SMILES string of the molecule is CCN(CC)S(=O)(=O)N1CCNCC1C(=O)NC. The molecule has 1 rings (SSSR count). The molecule has 1 aliphatic rings. The molecular weight excluding hydrogens is 256 g/mol. The molecule has 1 amide bonds. The molecule has 1 atom stereocenters. The Labute approximate surface area is 109 Å². The van der Waals surface area contributed by atoms with Crippen LogP contribution < -0.4 is 10.6 Å². The molecule has 18 heavy (non-hydrogen) atoms. The first-order valence-corrected chi connectivity index (χ1v) is 7.57. The Morgan fingerprint density at radius 2 is 2.06 bits per heavy atom. The third-order valence-electron chi connectivity index (χ3n) is 3.07. The molecule has 1 aliphatic heterocycles. The highest BCUT2D eigenvalue weighted by atomic mass is 32.2. The molecule has 0 saturated carbocycles. The largest absolute Gasteiger partial charge is 0.358 e. The van der Waals surface area contributed by atoms with E-state index in [0.29, 0.717) is 32.7 Å². The van der Waals surface area contributed by atoms with Crippen molar-refractivity contribution < 1.29 is 13.2 Å². The minimum Gasteiger partial charge on any atom is -0.358 e. The van der Waals surface area contributed by atoms with Gasteiger partial charge in [0.05, 0.1) is 0 Å². The molecule has 0 aromatic heterocycles. The number of likely N-dealkylation sites (N-methyl/N-ethyl adjacent to an activating group) is 1. The fourth-order valence-corrected chi connectivity index (χ4v) is 3.81. The van der Waals surface area contributed by atoms with E-state index in [4.69, 9.17) is 0 Å². The van der Waals surface area contributed by atoms with Gasteiger partial charge in [0.2, 0.25) is 5.91 Å². The van der Waals surface area contributed by atoms with Crippen LogP contribution >= 0.6 is 0 Å². The number of nitrogens with zero attached hydrogens (tertiary/aromatic N) is 2. The van der Waals surface area contributed by atoms with Gasteiger partial charge >= 0.3 is 0 Å². The lowest BCUT2D eigenvalue weighted by molar-refractivity contribution is -0.124. The summed E-state index contributed by atoms with van der Waals surface area (Å²) >= 11 is 0. The average Bonchev–Trinajstić information content (AvgIpc) is 2.39. The highest BCUT2D eigenvalue weighted by Crippen LogP contribution is 2.14. The van der Waals surface area contributed by atoms with Crippen molar-refractivity contribution in [3.63, 3.8) is 0 Å². The lowest BCUT2D eigenvalue weighted by Crippen LogP contribution is -2.61. The van der Waals surface area contributed by atoms with Gasteiger partial charge in [-0.15, -0.1) is 0 Å². The van der Waals surface area contributed by atoms with Crippen molar-refractivity contribution in [3.8, 4) is 0 Å². The summed E-state index contributed by atoms with van der Waals surface area (Å²) in [6.45, 7) is 5.62. The van der Waals surface area contributed by atoms with Gasteiger partial charge in [-0.1, -0.05) is 13.8 Å². The van der Waals surface area contributed by atoms with Crippen molar-refractivity contribution in [1.82, 2.24) is 19.2 Å². The third kappa shape index (κ3) is 3.00. The van der Waals surface area contributed by atoms with E-state index in [1.54, 1.807) is 13.8 Å². The molecule has 1 fully saturated rings. The lowest BCUT2D eigenvalue weighted by Gasteiger charge is -2.36. The Hall–Kier alpha value is -0.700. The maximum Gasteiger partial charge on any atom is 0.282 e. The first-order valence-electron chi connectivity index (χ1n) is 6.18. The zero-order valence-electron chi connectivity index (χ0n) is 11.1. The normalized spacial score (nSPS) is 22.1. The molecule has 1 heterocycles. The lowest BCUT2D eigenvalue weighted by atomic mass is 10.2. The van der Waals surface area contributed by atoms with Crippen molar-refractivity contribution in [3.05, 3.63) is 0 Å². The van der Waals surface area contributed by atoms with E-state index in [1.165, 1.54) is 15.7 Å². The molecule has 106 valence electrons. The van der Waals surface area contributed by atoms with Crippen molar-refractivity contribution >= 4 is 16.1 Å². The van der Waals surface area contributed by atoms with Gasteiger partial charge in [0.15, 0.2) is 0 Å². The van der Waals surface area contributed by atoms with Crippen molar-refractivity contribution in [2.45, 2.75) is 19.9 Å². The molecule has 1 saturated heterocycles. The fourth-order valence-electron chi connectivity index (χ4n) is 2.05. The third-order valence-corrected chi connectivity index (χ3v) is 5.27. The van der Waals surface area contributed by atoms with Crippen molar-refractivity contribution in [1.29, 1.82) is 0 Å². The Morgan fingerprint density at radius 3 is 2.56 bits per heavy atom. The molecule has 0 radical (unpaired) electrons. The van der Waals surface area contributed by atoms with Crippen molar-refractivity contribution in [2.24, 2.45) is 0 Å². The summed E-state index contributed by atoms with van der Waals surface area (Å²) in [4.78, 5) is 11.7. The quantitative estimate of drug-likeness (QED) is 0.647. The Balaban J connectivity index is 2.99. The van der Waals surface area contributed by atoms with Crippen LogP contribution in [-0.4, -0.2) is 68.7 Å². The zero-order valence-corrected chi connectivity index (χ0v) is 12.0. The van der Waals surface area contributed by atoms with Crippen LogP contribution in [0.25, 0.3) is 0 Å². The standard InChI is InChI=1S/C10H22N4O3S/c1-4-13(5-2)18(16,17)14-7-6-12-8-9(14)10(15)11-3/h9,12H,4-8H2,1-3H3,(H,11,15). The second kappa shape index (κ2) is 6.46. The van der Waals surface area contributed by atoms with Crippen LogP contribution in [0.4, 0.5) is 0 Å². The van der Waals surface area contributed by atoms with E-state index in [0.717, 1.165) is 0 Å². The van der Waals surface area contributed by atoms with E-state index < -0.39 is 16.3 Å². The summed E-state index contributed by atoms with van der Waals surface area (Å²) in [5, 5.41) is 5.55. The number of carbonyl (C=O) groups is 1. The summed E-state index contributed by atoms with van der Waals surface area (Å²) in [5.41, 5.74) is 0. The smallest absolute Gasteiger partial charge is 0.282 e. The molecule has 1 unspecified atom stereocenters. The van der Waals surface area contributed by atoms with Crippen LogP contribution in [0.2, 0.25) is 0 Å². The van der Waals surface area contributed by atoms with E-state index in [-0.39, 0.29) is 5.91 Å². The number of piperazine rings is 1. The van der Waals surface area contributed by atoms with E-state index in [9.17, 15) is 13.2 Å². The van der Waals surface area contributed by atoms with Crippen LogP contribution in [0.1, 0.15) is 13.8 Å². The molecule has 0 bridgehead atoms. The maximum atomic E-state index is 12.4. The van der Waals surface area contributed by atoms with Crippen LogP contribution in [0.3, 0.4) is 0 Å². The highest BCUT2D eigenvalue weighted by Gasteiger charge is 2.38. The number of amides is 1. The molecule has 0 aromatic carbocycles. The van der Waals surface area contributed by atoms with E-state index in [2.05, 4.69) is 10.6 Å². The molecule has 0 aliphatic carbocycles. The minimum absolute atomic E-state index is 0.280. The van der Waals surface area contributed by atoms with Crippen LogP contribution in [0, 0.1) is 0 Å². The van der Waals surface area contributed by atoms with Gasteiger partial charge in [0, 0.05) is 39.8 Å². The number of hydrogen-bond acceptors (Lipinski definition) is 4. The predicted molar refractivity (Wildman–Crippen MR) is 69.3 cm³/mol. The van der Waals surface area contributed by atoms with Gasteiger partial charge in [0.1, 0.15) is 6.04 Å². The number of nitrogens with one attached hydrogen (secondary N) is 2. The predicted octanol–water partition coefficient (Wildman–Crippen LogP) is -1.41. The molecule has 0 spiro atoms.